The van der Waals surface area contributed by atoms with Crippen molar-refractivity contribution < 1.29 is 14.4 Å². The Morgan fingerprint density at radius 3 is 2.56 bits per heavy atom. The van der Waals surface area contributed by atoms with Crippen molar-refractivity contribution in [3.05, 3.63) is 65.2 Å². The zero-order chi connectivity index (χ0) is 25.1. The first-order valence-corrected chi connectivity index (χ1v) is 13.3. The minimum Gasteiger partial charge on any atom is -0.351 e. The average Bonchev–Trinajstić information content (AvgIpc) is 3.39. The highest BCUT2D eigenvalue weighted by Gasteiger charge is 2.42. The van der Waals surface area contributed by atoms with Crippen LogP contribution in [0.25, 0.3) is 0 Å². The standard InChI is InChI=1S/C29H36N4O3/c1-31(22-11-3-2-4-12-22)19-17-30-27(34)23-13-6-5-10-21(23)20-33-25-15-8-7-14-24(25)28(35)32-18-9-16-26(32)29(33)36/h5-8,10,13-15,22,26H,2-4,9,11-12,16-20H2,1H3,(H,30,34). The Labute approximate surface area is 213 Å². The molecule has 2 heterocycles. The van der Waals surface area contributed by atoms with Crippen LogP contribution in [0.4, 0.5) is 5.69 Å². The third-order valence-electron chi connectivity index (χ3n) is 8.03. The van der Waals surface area contributed by atoms with E-state index in [1.807, 2.05) is 42.5 Å². The van der Waals surface area contributed by atoms with Crippen molar-refractivity contribution in [3.63, 3.8) is 0 Å². The van der Waals surface area contributed by atoms with Gasteiger partial charge in [-0.3, -0.25) is 14.4 Å². The predicted octanol–water partition coefficient (Wildman–Crippen LogP) is 3.83. The number of benzene rings is 2. The van der Waals surface area contributed by atoms with E-state index in [0.29, 0.717) is 42.4 Å². The zero-order valence-electron chi connectivity index (χ0n) is 21.1. The molecule has 0 spiro atoms. The summed E-state index contributed by atoms with van der Waals surface area (Å²) in [6, 6.07) is 14.9. The second-order valence-electron chi connectivity index (χ2n) is 10.3. The third-order valence-corrected chi connectivity index (χ3v) is 8.03. The highest BCUT2D eigenvalue weighted by molar-refractivity contribution is 6.11. The maximum Gasteiger partial charge on any atom is 0.256 e. The lowest BCUT2D eigenvalue weighted by atomic mass is 9.94. The number of nitrogens with zero attached hydrogens (tertiary/aromatic N) is 3. The van der Waals surface area contributed by atoms with Crippen molar-refractivity contribution >= 4 is 23.4 Å². The fraction of sp³-hybridized carbons (Fsp3) is 0.483. The van der Waals surface area contributed by atoms with Gasteiger partial charge in [0.25, 0.3) is 11.8 Å². The molecule has 2 fully saturated rings. The van der Waals surface area contributed by atoms with Gasteiger partial charge in [-0.05, 0) is 56.5 Å². The number of hydrogen-bond acceptors (Lipinski definition) is 4. The zero-order valence-corrected chi connectivity index (χ0v) is 21.1. The molecule has 3 amide bonds. The van der Waals surface area contributed by atoms with E-state index in [-0.39, 0.29) is 24.3 Å². The van der Waals surface area contributed by atoms with Crippen LogP contribution < -0.4 is 10.2 Å². The first kappa shape index (κ1) is 24.5. The van der Waals surface area contributed by atoms with Crippen LogP contribution in [0.15, 0.2) is 48.5 Å². The fourth-order valence-electron chi connectivity index (χ4n) is 5.97. The summed E-state index contributed by atoms with van der Waals surface area (Å²) in [6.07, 6.45) is 7.88. The van der Waals surface area contributed by atoms with Crippen molar-refractivity contribution in [2.24, 2.45) is 0 Å². The molecule has 2 aromatic rings. The third kappa shape index (κ3) is 4.89. The van der Waals surface area contributed by atoms with Gasteiger partial charge in [0.15, 0.2) is 0 Å². The summed E-state index contributed by atoms with van der Waals surface area (Å²) >= 11 is 0. The van der Waals surface area contributed by atoms with E-state index >= 15 is 0 Å². The minimum atomic E-state index is -0.443. The largest absolute Gasteiger partial charge is 0.351 e. The number of carbonyl (C=O) groups excluding carboxylic acids is 3. The molecular weight excluding hydrogens is 452 g/mol. The number of rotatable bonds is 7. The van der Waals surface area contributed by atoms with Gasteiger partial charge in [-0.1, -0.05) is 49.6 Å². The van der Waals surface area contributed by atoms with Crippen molar-refractivity contribution in [3.8, 4) is 0 Å². The maximum atomic E-state index is 13.6. The Morgan fingerprint density at radius 2 is 1.72 bits per heavy atom. The lowest BCUT2D eigenvalue weighted by Gasteiger charge is -2.31. The minimum absolute atomic E-state index is 0.0740. The van der Waals surface area contributed by atoms with E-state index in [0.717, 1.165) is 18.5 Å². The lowest BCUT2D eigenvalue weighted by molar-refractivity contribution is -0.122. The molecule has 1 saturated heterocycles. The Bertz CT molecular complexity index is 1130. The molecule has 7 nitrogen and oxygen atoms in total. The summed E-state index contributed by atoms with van der Waals surface area (Å²) in [5, 5.41) is 3.09. The molecule has 7 heteroatoms. The SMILES string of the molecule is CN(CCNC(=O)c1ccccc1CN1C(=O)C2CCCN2C(=O)c2ccccc21)C1CCCCC1. The molecule has 5 rings (SSSR count). The number of amides is 3. The number of hydrogen-bond donors (Lipinski definition) is 1. The van der Waals surface area contributed by atoms with E-state index in [9.17, 15) is 14.4 Å². The average molecular weight is 489 g/mol. The molecule has 1 unspecified atom stereocenters. The summed E-state index contributed by atoms with van der Waals surface area (Å²) in [6.45, 7) is 2.25. The maximum absolute atomic E-state index is 13.6. The molecule has 3 aliphatic rings. The first-order chi connectivity index (χ1) is 17.5. The normalized spacial score (nSPS) is 20.3. The predicted molar refractivity (Wildman–Crippen MR) is 140 cm³/mol. The molecule has 1 atom stereocenters. The molecule has 2 aromatic carbocycles. The Hall–Kier alpha value is -3.19. The number of nitrogens with one attached hydrogen (secondary N) is 1. The van der Waals surface area contributed by atoms with E-state index < -0.39 is 6.04 Å². The Morgan fingerprint density at radius 1 is 0.972 bits per heavy atom. The lowest BCUT2D eigenvalue weighted by Crippen LogP contribution is -2.44. The number of anilines is 1. The van der Waals surface area contributed by atoms with Gasteiger partial charge in [0.1, 0.15) is 6.04 Å². The number of para-hydroxylation sites is 1. The number of fused-ring (bicyclic) bond motifs is 2. The quantitative estimate of drug-likeness (QED) is 0.643. The molecular formula is C29H36N4O3. The van der Waals surface area contributed by atoms with Gasteiger partial charge >= 0.3 is 0 Å². The number of carbonyl (C=O) groups is 3. The molecule has 36 heavy (non-hydrogen) atoms. The highest BCUT2D eigenvalue weighted by atomic mass is 16.2. The Balaban J connectivity index is 1.32. The number of likely N-dealkylation sites (N-methyl/N-ethyl adjacent to an activating group) is 1. The molecule has 1 aliphatic carbocycles. The molecule has 0 bridgehead atoms. The van der Waals surface area contributed by atoms with E-state index in [1.165, 1.54) is 32.1 Å². The Kier molecular flexibility index (Phi) is 7.37. The van der Waals surface area contributed by atoms with Gasteiger partial charge in [0.05, 0.1) is 17.8 Å². The fourth-order valence-corrected chi connectivity index (χ4v) is 5.97. The monoisotopic (exact) mass is 488 g/mol. The van der Waals surface area contributed by atoms with Gasteiger partial charge < -0.3 is 20.0 Å². The molecule has 0 radical (unpaired) electrons. The molecule has 1 saturated carbocycles. The van der Waals surface area contributed by atoms with Crippen LogP contribution in [0.5, 0.6) is 0 Å². The molecule has 190 valence electrons. The van der Waals surface area contributed by atoms with Crippen molar-refractivity contribution in [1.82, 2.24) is 15.1 Å². The molecule has 2 aliphatic heterocycles. The van der Waals surface area contributed by atoms with Crippen LogP contribution >= 0.6 is 0 Å². The van der Waals surface area contributed by atoms with Crippen LogP contribution in [0.1, 0.15) is 71.2 Å². The first-order valence-electron chi connectivity index (χ1n) is 13.3. The van der Waals surface area contributed by atoms with Crippen LogP contribution in [-0.4, -0.2) is 66.3 Å². The van der Waals surface area contributed by atoms with E-state index in [1.54, 1.807) is 15.9 Å². The smallest absolute Gasteiger partial charge is 0.256 e. The van der Waals surface area contributed by atoms with E-state index in [2.05, 4.69) is 17.3 Å². The van der Waals surface area contributed by atoms with Crippen molar-refractivity contribution in [1.29, 1.82) is 0 Å². The second-order valence-corrected chi connectivity index (χ2v) is 10.3. The second kappa shape index (κ2) is 10.8. The van der Waals surface area contributed by atoms with Gasteiger partial charge in [-0.15, -0.1) is 0 Å². The summed E-state index contributed by atoms with van der Waals surface area (Å²) < 4.78 is 0. The summed E-state index contributed by atoms with van der Waals surface area (Å²) in [4.78, 5) is 45.8. The molecule has 1 N–H and O–H groups in total. The highest BCUT2D eigenvalue weighted by Crippen LogP contribution is 2.33. The van der Waals surface area contributed by atoms with Gasteiger partial charge in [-0.25, -0.2) is 0 Å². The van der Waals surface area contributed by atoms with Gasteiger partial charge in [0.2, 0.25) is 5.91 Å². The molecule has 0 aromatic heterocycles. The van der Waals surface area contributed by atoms with Crippen LogP contribution in [0.3, 0.4) is 0 Å². The van der Waals surface area contributed by atoms with Gasteiger partial charge in [0, 0.05) is 31.2 Å². The van der Waals surface area contributed by atoms with E-state index in [4.69, 9.17) is 0 Å². The van der Waals surface area contributed by atoms with Crippen molar-refractivity contribution in [2.75, 3.05) is 31.6 Å². The summed E-state index contributed by atoms with van der Waals surface area (Å²) in [5.74, 6) is -0.288. The van der Waals surface area contributed by atoms with Crippen LogP contribution in [0, 0.1) is 0 Å². The summed E-state index contributed by atoms with van der Waals surface area (Å²) in [5.41, 5.74) is 2.51. The van der Waals surface area contributed by atoms with Crippen LogP contribution in [0.2, 0.25) is 0 Å². The van der Waals surface area contributed by atoms with Crippen molar-refractivity contribution in [2.45, 2.75) is 63.6 Å². The topological polar surface area (TPSA) is 73.0 Å². The van der Waals surface area contributed by atoms with Gasteiger partial charge in [-0.2, -0.15) is 0 Å². The van der Waals surface area contributed by atoms with Crippen LogP contribution in [-0.2, 0) is 11.3 Å². The summed E-state index contributed by atoms with van der Waals surface area (Å²) in [7, 11) is 2.14.